The van der Waals surface area contributed by atoms with E-state index in [9.17, 15) is 10.0 Å². The Hall–Kier alpha value is -2.36. The monoisotopic (exact) mass is 314 g/mol. The van der Waals surface area contributed by atoms with E-state index in [2.05, 4.69) is 56.3 Å². The fraction of sp³-hybridized carbons (Fsp3) is 0.143. The molecule has 0 saturated carbocycles. The third kappa shape index (κ3) is 2.21. The fourth-order valence-corrected chi connectivity index (χ4v) is 3.75. The van der Waals surface area contributed by atoms with Gasteiger partial charge in [0.2, 0.25) is 0 Å². The van der Waals surface area contributed by atoms with Crippen LogP contribution < -0.4 is 5.46 Å². The molecule has 4 rings (SSSR count). The Kier molecular flexibility index (Phi) is 3.38. The van der Waals surface area contributed by atoms with Gasteiger partial charge >= 0.3 is 7.12 Å². The van der Waals surface area contributed by atoms with Gasteiger partial charge in [0, 0.05) is 5.41 Å². The Bertz CT molecular complexity index is 911. The van der Waals surface area contributed by atoms with Gasteiger partial charge < -0.3 is 10.0 Å². The van der Waals surface area contributed by atoms with Crippen molar-refractivity contribution in [3.63, 3.8) is 0 Å². The first-order chi connectivity index (χ1) is 11.5. The summed E-state index contributed by atoms with van der Waals surface area (Å²) in [4.78, 5) is 0. The van der Waals surface area contributed by atoms with Crippen LogP contribution >= 0.6 is 0 Å². The van der Waals surface area contributed by atoms with Gasteiger partial charge in [0.05, 0.1) is 0 Å². The van der Waals surface area contributed by atoms with Crippen LogP contribution in [-0.4, -0.2) is 17.2 Å². The molecule has 24 heavy (non-hydrogen) atoms. The quantitative estimate of drug-likeness (QED) is 0.712. The maximum absolute atomic E-state index is 9.23. The Morgan fingerprint density at radius 2 is 1.33 bits per heavy atom. The lowest BCUT2D eigenvalue weighted by molar-refractivity contribution is 0.426. The van der Waals surface area contributed by atoms with Gasteiger partial charge in [-0.15, -0.1) is 0 Å². The van der Waals surface area contributed by atoms with Crippen LogP contribution in [0.3, 0.4) is 0 Å². The summed E-state index contributed by atoms with van der Waals surface area (Å²) in [5.41, 5.74) is 8.07. The van der Waals surface area contributed by atoms with E-state index in [4.69, 9.17) is 0 Å². The summed E-state index contributed by atoms with van der Waals surface area (Å²) in [6.45, 7) is 4.55. The minimum absolute atomic E-state index is 0.0231. The Morgan fingerprint density at radius 3 is 2.04 bits per heavy atom. The maximum atomic E-state index is 9.23. The minimum atomic E-state index is -1.42. The first-order valence-electron chi connectivity index (χ1n) is 8.19. The van der Waals surface area contributed by atoms with Crippen LogP contribution in [0.2, 0.25) is 0 Å². The topological polar surface area (TPSA) is 40.5 Å². The molecule has 0 unspecified atom stereocenters. The molecule has 3 aromatic carbocycles. The highest BCUT2D eigenvalue weighted by atomic mass is 16.4. The lowest BCUT2D eigenvalue weighted by Gasteiger charge is -2.21. The molecule has 2 nitrogen and oxygen atoms in total. The highest BCUT2D eigenvalue weighted by molar-refractivity contribution is 6.58. The highest BCUT2D eigenvalue weighted by Gasteiger charge is 2.34. The molecule has 118 valence electrons. The van der Waals surface area contributed by atoms with Gasteiger partial charge in [0.25, 0.3) is 0 Å². The normalized spacial score (nSPS) is 14.2. The number of fused-ring (bicyclic) bond motifs is 3. The molecule has 0 fully saturated rings. The molecule has 0 aliphatic heterocycles. The van der Waals surface area contributed by atoms with E-state index >= 15 is 0 Å². The Labute approximate surface area is 142 Å². The van der Waals surface area contributed by atoms with Gasteiger partial charge in [-0.25, -0.2) is 0 Å². The van der Waals surface area contributed by atoms with Crippen LogP contribution in [0.15, 0.2) is 66.7 Å². The van der Waals surface area contributed by atoms with E-state index < -0.39 is 7.12 Å². The summed E-state index contributed by atoms with van der Waals surface area (Å²) >= 11 is 0. The summed E-state index contributed by atoms with van der Waals surface area (Å²) in [5.74, 6) is 0. The number of hydrogen-bond acceptors (Lipinski definition) is 2. The van der Waals surface area contributed by atoms with Crippen molar-refractivity contribution in [2.45, 2.75) is 19.3 Å². The minimum Gasteiger partial charge on any atom is -0.423 e. The molecular weight excluding hydrogens is 295 g/mol. The number of benzene rings is 3. The number of rotatable bonds is 2. The molecule has 0 heterocycles. The molecule has 0 saturated heterocycles. The summed E-state index contributed by atoms with van der Waals surface area (Å²) in [7, 11) is -1.42. The molecule has 0 bridgehead atoms. The second-order valence-corrected chi connectivity index (χ2v) is 6.93. The Morgan fingerprint density at radius 1 is 0.708 bits per heavy atom. The molecule has 0 radical (unpaired) electrons. The molecule has 0 aromatic heterocycles. The zero-order valence-electron chi connectivity index (χ0n) is 13.8. The SMILES string of the molecule is CC1(C)c2ccccc2-c2cc(-c3ccc(B(O)O)cc3)ccc21. The van der Waals surface area contributed by atoms with Crippen LogP contribution in [0.25, 0.3) is 22.3 Å². The van der Waals surface area contributed by atoms with Crippen LogP contribution in [-0.2, 0) is 5.41 Å². The van der Waals surface area contributed by atoms with Crippen LogP contribution in [0.5, 0.6) is 0 Å². The first kappa shape index (κ1) is 15.2. The fourth-order valence-electron chi connectivity index (χ4n) is 3.75. The maximum Gasteiger partial charge on any atom is 0.488 e. The zero-order chi connectivity index (χ0) is 16.9. The highest BCUT2D eigenvalue weighted by Crippen LogP contribution is 2.49. The van der Waals surface area contributed by atoms with Crippen LogP contribution in [0, 0.1) is 0 Å². The number of hydrogen-bond donors (Lipinski definition) is 2. The standard InChI is InChI=1S/C21H19BO2/c1-21(2)19-6-4-3-5-17(19)18-13-15(9-12-20(18)21)14-7-10-16(11-8-14)22(23)24/h3-13,23-24H,1-2H3. The van der Waals surface area contributed by atoms with Gasteiger partial charge in [-0.1, -0.05) is 74.5 Å². The van der Waals surface area contributed by atoms with E-state index in [1.54, 1.807) is 12.1 Å². The van der Waals surface area contributed by atoms with Crippen molar-refractivity contribution < 1.29 is 10.0 Å². The molecular formula is C21H19BO2. The van der Waals surface area contributed by atoms with Gasteiger partial charge in [0.15, 0.2) is 0 Å². The second kappa shape index (κ2) is 5.33. The van der Waals surface area contributed by atoms with Crippen molar-refractivity contribution in [1.82, 2.24) is 0 Å². The summed E-state index contributed by atoms with van der Waals surface area (Å²) in [6, 6.07) is 22.6. The Balaban J connectivity index is 1.83. The summed E-state index contributed by atoms with van der Waals surface area (Å²) < 4.78 is 0. The van der Waals surface area contributed by atoms with Crippen LogP contribution in [0.4, 0.5) is 0 Å². The molecule has 0 amide bonds. The van der Waals surface area contributed by atoms with Crippen molar-refractivity contribution >= 4 is 12.6 Å². The van der Waals surface area contributed by atoms with E-state index in [0.717, 1.165) is 11.1 Å². The third-order valence-corrected chi connectivity index (χ3v) is 5.13. The lowest BCUT2D eigenvalue weighted by Crippen LogP contribution is -2.29. The van der Waals surface area contributed by atoms with Crippen molar-refractivity contribution in [3.8, 4) is 22.3 Å². The third-order valence-electron chi connectivity index (χ3n) is 5.13. The zero-order valence-corrected chi connectivity index (χ0v) is 13.8. The van der Waals surface area contributed by atoms with E-state index in [1.165, 1.54) is 22.3 Å². The average molecular weight is 314 g/mol. The van der Waals surface area contributed by atoms with Crippen molar-refractivity contribution in [2.75, 3.05) is 0 Å². The smallest absolute Gasteiger partial charge is 0.423 e. The van der Waals surface area contributed by atoms with Gasteiger partial charge in [-0.3, -0.25) is 0 Å². The predicted octanol–water partition coefficient (Wildman–Crippen LogP) is 3.34. The van der Waals surface area contributed by atoms with Crippen molar-refractivity contribution in [2.24, 2.45) is 0 Å². The summed E-state index contributed by atoms with van der Waals surface area (Å²) in [6.07, 6.45) is 0. The first-order valence-corrected chi connectivity index (χ1v) is 8.19. The predicted molar refractivity (Wildman–Crippen MR) is 99.3 cm³/mol. The van der Waals surface area contributed by atoms with Gasteiger partial charge in [-0.05, 0) is 44.9 Å². The van der Waals surface area contributed by atoms with E-state index in [-0.39, 0.29) is 5.41 Å². The van der Waals surface area contributed by atoms with Crippen LogP contribution in [0.1, 0.15) is 25.0 Å². The second-order valence-electron chi connectivity index (χ2n) is 6.93. The molecule has 0 spiro atoms. The largest absolute Gasteiger partial charge is 0.488 e. The van der Waals surface area contributed by atoms with Gasteiger partial charge in [0.1, 0.15) is 0 Å². The van der Waals surface area contributed by atoms with Gasteiger partial charge in [-0.2, -0.15) is 0 Å². The molecule has 1 aliphatic carbocycles. The molecule has 1 aliphatic rings. The average Bonchev–Trinajstić information content (AvgIpc) is 2.83. The van der Waals surface area contributed by atoms with E-state index in [0.29, 0.717) is 5.46 Å². The lowest BCUT2D eigenvalue weighted by atomic mass is 9.79. The molecule has 3 heteroatoms. The molecule has 2 N–H and O–H groups in total. The van der Waals surface area contributed by atoms with Crippen molar-refractivity contribution in [1.29, 1.82) is 0 Å². The van der Waals surface area contributed by atoms with E-state index in [1.807, 2.05) is 12.1 Å². The molecule has 3 aromatic rings. The summed E-state index contributed by atoms with van der Waals surface area (Å²) in [5, 5.41) is 18.5. The van der Waals surface area contributed by atoms with Crippen molar-refractivity contribution in [3.05, 3.63) is 77.9 Å². The molecule has 0 atom stereocenters.